The lowest BCUT2D eigenvalue weighted by Gasteiger charge is -2.18. The molecule has 1 N–H and O–H groups in total. The third-order valence-corrected chi connectivity index (χ3v) is 1.02. The molecule has 0 aliphatic carbocycles. The fourth-order valence-electron chi connectivity index (χ4n) is 0.526. The van der Waals surface area contributed by atoms with Crippen LogP contribution in [0.5, 0.6) is 0 Å². The Labute approximate surface area is 50.3 Å². The van der Waals surface area contributed by atoms with Crippen molar-refractivity contribution in [1.82, 2.24) is 5.32 Å². The molecule has 0 saturated carbocycles. The number of alkyl halides is 1. The van der Waals surface area contributed by atoms with Crippen LogP contribution < -0.4 is 5.32 Å². The van der Waals surface area contributed by atoms with Gasteiger partial charge in [-0.1, -0.05) is 13.8 Å². The summed E-state index contributed by atoms with van der Waals surface area (Å²) in [6.07, 6.45) is 0. The van der Waals surface area contributed by atoms with Crippen LogP contribution in [0.3, 0.4) is 0 Å². The van der Waals surface area contributed by atoms with E-state index in [4.69, 9.17) is 0 Å². The van der Waals surface area contributed by atoms with Gasteiger partial charge in [0.15, 0.2) is 0 Å². The highest BCUT2D eigenvalue weighted by Crippen LogP contribution is 2.12. The molecular formula is C6H14FN. The van der Waals surface area contributed by atoms with E-state index >= 15 is 0 Å². The van der Waals surface area contributed by atoms with E-state index in [-0.39, 0.29) is 12.1 Å². The minimum Gasteiger partial charge on any atom is -0.319 e. The maximum atomic E-state index is 11.9. The molecule has 0 atom stereocenters. The SMILES string of the molecule is CNCC(C)(C)CF. The Balaban J connectivity index is 3.37. The number of hydrogen-bond acceptors (Lipinski definition) is 1. The van der Waals surface area contributed by atoms with Crippen LogP contribution >= 0.6 is 0 Å². The Hall–Kier alpha value is -0.110. The van der Waals surface area contributed by atoms with Crippen LogP contribution in [0.25, 0.3) is 0 Å². The molecule has 0 radical (unpaired) electrons. The second-order valence-corrected chi connectivity index (χ2v) is 2.83. The summed E-state index contributed by atoms with van der Waals surface area (Å²) in [5, 5.41) is 2.92. The van der Waals surface area contributed by atoms with Gasteiger partial charge in [0.1, 0.15) is 0 Å². The first-order valence-electron chi connectivity index (χ1n) is 2.83. The molecule has 0 heterocycles. The average Bonchev–Trinajstić information content (AvgIpc) is 1.67. The predicted molar refractivity (Wildman–Crippen MR) is 33.7 cm³/mol. The zero-order chi connectivity index (χ0) is 6.62. The first-order chi connectivity index (χ1) is 3.62. The standard InChI is InChI=1S/C6H14FN/c1-6(2,4-7)5-8-3/h8H,4-5H2,1-3H3. The Kier molecular flexibility index (Phi) is 2.98. The predicted octanol–water partition coefficient (Wildman–Crippen LogP) is 1.20. The molecule has 0 amide bonds. The van der Waals surface area contributed by atoms with Crippen molar-refractivity contribution >= 4 is 0 Å². The summed E-state index contributed by atoms with van der Waals surface area (Å²) in [5.41, 5.74) is -0.186. The smallest absolute Gasteiger partial charge is 0.0957 e. The summed E-state index contributed by atoms with van der Waals surface area (Å²) in [4.78, 5) is 0. The number of halogens is 1. The van der Waals surface area contributed by atoms with Gasteiger partial charge >= 0.3 is 0 Å². The molecule has 0 aliphatic rings. The van der Waals surface area contributed by atoms with Gasteiger partial charge in [-0.2, -0.15) is 0 Å². The third-order valence-electron chi connectivity index (χ3n) is 1.02. The fraction of sp³-hybridized carbons (Fsp3) is 1.00. The summed E-state index contributed by atoms with van der Waals surface area (Å²) >= 11 is 0. The Morgan fingerprint density at radius 3 is 2.12 bits per heavy atom. The van der Waals surface area contributed by atoms with E-state index in [9.17, 15) is 4.39 Å². The van der Waals surface area contributed by atoms with Gasteiger partial charge in [0.25, 0.3) is 0 Å². The average molecular weight is 119 g/mol. The van der Waals surface area contributed by atoms with Crippen LogP contribution in [0.4, 0.5) is 4.39 Å². The summed E-state index contributed by atoms with van der Waals surface area (Å²) in [7, 11) is 1.83. The largest absolute Gasteiger partial charge is 0.319 e. The molecule has 0 aromatic rings. The van der Waals surface area contributed by atoms with Crippen LogP contribution in [0.15, 0.2) is 0 Å². The molecule has 0 aromatic heterocycles. The summed E-state index contributed by atoms with van der Waals surface area (Å²) in [6.45, 7) is 4.27. The summed E-state index contributed by atoms with van der Waals surface area (Å²) < 4.78 is 11.9. The highest BCUT2D eigenvalue weighted by atomic mass is 19.1. The summed E-state index contributed by atoms with van der Waals surface area (Å²) in [6, 6.07) is 0. The summed E-state index contributed by atoms with van der Waals surface area (Å²) in [5.74, 6) is 0. The first kappa shape index (κ1) is 7.89. The molecule has 0 rings (SSSR count). The molecule has 0 unspecified atom stereocenters. The Morgan fingerprint density at radius 1 is 1.50 bits per heavy atom. The van der Waals surface area contributed by atoms with Gasteiger partial charge in [0, 0.05) is 12.0 Å². The second-order valence-electron chi connectivity index (χ2n) is 2.83. The third kappa shape index (κ3) is 2.97. The zero-order valence-corrected chi connectivity index (χ0v) is 5.79. The molecule has 1 nitrogen and oxygen atoms in total. The lowest BCUT2D eigenvalue weighted by Crippen LogP contribution is -2.28. The molecule has 0 saturated heterocycles. The topological polar surface area (TPSA) is 12.0 Å². The van der Waals surface area contributed by atoms with Gasteiger partial charge in [-0.15, -0.1) is 0 Å². The quantitative estimate of drug-likeness (QED) is 0.588. The molecule has 0 spiro atoms. The van der Waals surface area contributed by atoms with Crippen LogP contribution in [0.1, 0.15) is 13.8 Å². The van der Waals surface area contributed by atoms with Crippen molar-refractivity contribution in [3.8, 4) is 0 Å². The van der Waals surface area contributed by atoms with Crippen molar-refractivity contribution in [3.05, 3.63) is 0 Å². The van der Waals surface area contributed by atoms with E-state index in [1.165, 1.54) is 0 Å². The minimum absolute atomic E-state index is 0.186. The van der Waals surface area contributed by atoms with Gasteiger partial charge in [-0.05, 0) is 7.05 Å². The van der Waals surface area contributed by atoms with Gasteiger partial charge < -0.3 is 5.32 Å². The zero-order valence-electron chi connectivity index (χ0n) is 5.79. The lowest BCUT2D eigenvalue weighted by molar-refractivity contribution is 0.253. The Morgan fingerprint density at radius 2 is 2.00 bits per heavy atom. The molecule has 2 heteroatoms. The van der Waals surface area contributed by atoms with Crippen molar-refractivity contribution in [3.63, 3.8) is 0 Å². The van der Waals surface area contributed by atoms with Crippen LogP contribution in [-0.4, -0.2) is 20.3 Å². The normalized spacial score (nSPS) is 12.0. The number of nitrogens with one attached hydrogen (secondary N) is 1. The molecule has 0 aliphatic heterocycles. The second kappa shape index (κ2) is 3.02. The van der Waals surface area contributed by atoms with E-state index in [1.54, 1.807) is 0 Å². The van der Waals surface area contributed by atoms with Crippen molar-refractivity contribution < 1.29 is 4.39 Å². The van der Waals surface area contributed by atoms with Crippen LogP contribution in [0.2, 0.25) is 0 Å². The molecule has 50 valence electrons. The van der Waals surface area contributed by atoms with Crippen molar-refractivity contribution in [2.45, 2.75) is 13.8 Å². The van der Waals surface area contributed by atoms with Crippen LogP contribution in [0, 0.1) is 5.41 Å². The van der Waals surface area contributed by atoms with Gasteiger partial charge in [0.05, 0.1) is 6.67 Å². The monoisotopic (exact) mass is 119 g/mol. The number of hydrogen-bond donors (Lipinski definition) is 1. The number of rotatable bonds is 3. The van der Waals surface area contributed by atoms with Gasteiger partial charge in [0.2, 0.25) is 0 Å². The highest BCUT2D eigenvalue weighted by Gasteiger charge is 2.14. The van der Waals surface area contributed by atoms with E-state index in [1.807, 2.05) is 20.9 Å². The fourth-order valence-corrected chi connectivity index (χ4v) is 0.526. The van der Waals surface area contributed by atoms with Gasteiger partial charge in [-0.3, -0.25) is 4.39 Å². The highest BCUT2D eigenvalue weighted by molar-refractivity contribution is 4.68. The van der Waals surface area contributed by atoms with E-state index < -0.39 is 0 Å². The molecular weight excluding hydrogens is 105 g/mol. The molecule has 8 heavy (non-hydrogen) atoms. The van der Waals surface area contributed by atoms with Gasteiger partial charge in [-0.25, -0.2) is 0 Å². The maximum absolute atomic E-state index is 11.9. The molecule has 0 aromatic carbocycles. The Bertz CT molecular complexity index is 61.5. The first-order valence-corrected chi connectivity index (χ1v) is 2.83. The van der Waals surface area contributed by atoms with Crippen LogP contribution in [-0.2, 0) is 0 Å². The van der Waals surface area contributed by atoms with E-state index in [2.05, 4.69) is 5.32 Å². The maximum Gasteiger partial charge on any atom is 0.0957 e. The van der Waals surface area contributed by atoms with E-state index in [0.717, 1.165) is 6.54 Å². The van der Waals surface area contributed by atoms with Crippen molar-refractivity contribution in [1.29, 1.82) is 0 Å². The van der Waals surface area contributed by atoms with Crippen molar-refractivity contribution in [2.24, 2.45) is 5.41 Å². The molecule has 0 bridgehead atoms. The molecule has 0 fully saturated rings. The van der Waals surface area contributed by atoms with Crippen molar-refractivity contribution in [2.75, 3.05) is 20.3 Å². The minimum atomic E-state index is -0.256. The lowest BCUT2D eigenvalue weighted by atomic mass is 9.96. The van der Waals surface area contributed by atoms with E-state index in [0.29, 0.717) is 0 Å².